The Labute approximate surface area is 102 Å². The fourth-order valence-electron chi connectivity index (χ4n) is 2.20. The van der Waals surface area contributed by atoms with Gasteiger partial charge in [-0.25, -0.2) is 0 Å². The molecule has 0 aromatic heterocycles. The first kappa shape index (κ1) is 13.6. The SMILES string of the molecule is CCC1CCN(CCC#CCC(C)C)CC1. The Hall–Kier alpha value is -0.480. The van der Waals surface area contributed by atoms with Crippen molar-refractivity contribution in [3.05, 3.63) is 0 Å². The summed E-state index contributed by atoms with van der Waals surface area (Å²) < 4.78 is 0. The fourth-order valence-corrected chi connectivity index (χ4v) is 2.20. The van der Waals surface area contributed by atoms with E-state index in [9.17, 15) is 0 Å². The highest BCUT2D eigenvalue weighted by Crippen LogP contribution is 2.19. The van der Waals surface area contributed by atoms with Crippen LogP contribution in [0.15, 0.2) is 0 Å². The molecule has 0 spiro atoms. The molecule has 0 radical (unpaired) electrons. The minimum Gasteiger partial charge on any atom is -0.302 e. The fraction of sp³-hybridized carbons (Fsp3) is 0.867. The molecule has 0 unspecified atom stereocenters. The van der Waals surface area contributed by atoms with Crippen LogP contribution in [0, 0.1) is 23.7 Å². The monoisotopic (exact) mass is 221 g/mol. The predicted octanol–water partition coefficient (Wildman–Crippen LogP) is 3.55. The number of hydrogen-bond acceptors (Lipinski definition) is 1. The van der Waals surface area contributed by atoms with Crippen LogP contribution in [-0.4, -0.2) is 24.5 Å². The van der Waals surface area contributed by atoms with E-state index >= 15 is 0 Å². The van der Waals surface area contributed by atoms with Crippen molar-refractivity contribution in [3.8, 4) is 11.8 Å². The third-order valence-corrected chi connectivity index (χ3v) is 3.47. The lowest BCUT2D eigenvalue weighted by Gasteiger charge is -2.30. The normalized spacial score (nSPS) is 18.5. The van der Waals surface area contributed by atoms with Gasteiger partial charge in [0.2, 0.25) is 0 Å². The van der Waals surface area contributed by atoms with Gasteiger partial charge in [0.05, 0.1) is 0 Å². The first-order chi connectivity index (χ1) is 7.72. The molecule has 1 heterocycles. The van der Waals surface area contributed by atoms with Crippen molar-refractivity contribution in [2.45, 2.75) is 52.9 Å². The van der Waals surface area contributed by atoms with Crippen LogP contribution in [0.3, 0.4) is 0 Å². The van der Waals surface area contributed by atoms with Crippen molar-refractivity contribution in [2.24, 2.45) is 11.8 Å². The van der Waals surface area contributed by atoms with Crippen LogP contribution in [0.4, 0.5) is 0 Å². The van der Waals surface area contributed by atoms with Gasteiger partial charge in [0.25, 0.3) is 0 Å². The second kappa shape index (κ2) is 7.74. The Balaban J connectivity index is 2.07. The largest absolute Gasteiger partial charge is 0.302 e. The summed E-state index contributed by atoms with van der Waals surface area (Å²) in [5.41, 5.74) is 0. The molecule has 1 heteroatoms. The van der Waals surface area contributed by atoms with Gasteiger partial charge in [-0.15, -0.1) is 11.8 Å². The van der Waals surface area contributed by atoms with Gasteiger partial charge in [0, 0.05) is 19.4 Å². The summed E-state index contributed by atoms with van der Waals surface area (Å²) in [6.07, 6.45) is 6.27. The third kappa shape index (κ3) is 5.56. The summed E-state index contributed by atoms with van der Waals surface area (Å²) in [4.78, 5) is 2.58. The third-order valence-electron chi connectivity index (χ3n) is 3.47. The number of hydrogen-bond donors (Lipinski definition) is 0. The molecule has 0 bridgehead atoms. The standard InChI is InChI=1S/C15H27N/c1-4-15-9-12-16(13-10-15)11-7-5-6-8-14(2)3/h14-15H,4,7-13H2,1-3H3. The van der Waals surface area contributed by atoms with Crippen molar-refractivity contribution in [1.82, 2.24) is 4.90 Å². The van der Waals surface area contributed by atoms with Crippen molar-refractivity contribution in [3.63, 3.8) is 0 Å². The van der Waals surface area contributed by atoms with Crippen molar-refractivity contribution >= 4 is 0 Å². The minimum absolute atomic E-state index is 0.716. The van der Waals surface area contributed by atoms with Gasteiger partial charge in [-0.05, 0) is 37.8 Å². The second-order valence-electron chi connectivity index (χ2n) is 5.39. The van der Waals surface area contributed by atoms with E-state index in [1.807, 2.05) is 0 Å². The molecule has 16 heavy (non-hydrogen) atoms. The number of likely N-dealkylation sites (tertiary alicyclic amines) is 1. The zero-order valence-electron chi connectivity index (χ0n) is 11.3. The number of rotatable bonds is 4. The van der Waals surface area contributed by atoms with Gasteiger partial charge in [0.15, 0.2) is 0 Å². The Bertz CT molecular complexity index is 226. The quantitative estimate of drug-likeness (QED) is 0.656. The molecular formula is C15H27N. The molecule has 1 aliphatic rings. The van der Waals surface area contributed by atoms with E-state index in [4.69, 9.17) is 0 Å². The van der Waals surface area contributed by atoms with Gasteiger partial charge >= 0.3 is 0 Å². The number of nitrogens with zero attached hydrogens (tertiary/aromatic N) is 1. The molecule has 1 saturated heterocycles. The zero-order valence-corrected chi connectivity index (χ0v) is 11.3. The molecule has 0 N–H and O–H groups in total. The van der Waals surface area contributed by atoms with Gasteiger partial charge in [0.1, 0.15) is 0 Å². The lowest BCUT2D eigenvalue weighted by Crippen LogP contribution is -2.34. The lowest BCUT2D eigenvalue weighted by molar-refractivity contribution is 0.185. The van der Waals surface area contributed by atoms with E-state index in [-0.39, 0.29) is 0 Å². The molecule has 1 aliphatic heterocycles. The molecule has 0 aromatic rings. The van der Waals surface area contributed by atoms with E-state index in [0.29, 0.717) is 5.92 Å². The molecule has 0 aromatic carbocycles. The van der Waals surface area contributed by atoms with Crippen LogP contribution >= 0.6 is 0 Å². The molecule has 1 nitrogen and oxygen atoms in total. The molecule has 92 valence electrons. The minimum atomic E-state index is 0.716. The smallest absolute Gasteiger partial charge is 0.0217 e. The lowest BCUT2D eigenvalue weighted by atomic mass is 9.94. The van der Waals surface area contributed by atoms with Crippen molar-refractivity contribution < 1.29 is 0 Å². The van der Waals surface area contributed by atoms with E-state index in [2.05, 4.69) is 37.5 Å². The number of piperidine rings is 1. The maximum absolute atomic E-state index is 3.30. The Morgan fingerprint density at radius 1 is 1.19 bits per heavy atom. The first-order valence-corrected chi connectivity index (χ1v) is 6.90. The van der Waals surface area contributed by atoms with Crippen LogP contribution in [0.2, 0.25) is 0 Å². The average Bonchev–Trinajstić information content (AvgIpc) is 2.29. The van der Waals surface area contributed by atoms with E-state index in [1.165, 1.54) is 38.9 Å². The van der Waals surface area contributed by atoms with E-state index in [0.717, 1.165) is 18.8 Å². The summed E-state index contributed by atoms with van der Waals surface area (Å²) in [5.74, 6) is 8.27. The molecule has 1 rings (SSSR count). The summed E-state index contributed by atoms with van der Waals surface area (Å²) in [6.45, 7) is 10.5. The highest BCUT2D eigenvalue weighted by Gasteiger charge is 2.16. The van der Waals surface area contributed by atoms with Crippen LogP contribution in [-0.2, 0) is 0 Å². The zero-order chi connectivity index (χ0) is 11.8. The highest BCUT2D eigenvalue weighted by atomic mass is 15.1. The molecule has 0 atom stereocenters. The summed E-state index contributed by atoms with van der Waals surface area (Å²) in [6, 6.07) is 0. The van der Waals surface area contributed by atoms with E-state index < -0.39 is 0 Å². The maximum Gasteiger partial charge on any atom is 0.0217 e. The first-order valence-electron chi connectivity index (χ1n) is 6.90. The second-order valence-corrected chi connectivity index (χ2v) is 5.39. The molecule has 0 aliphatic carbocycles. The summed E-state index contributed by atoms with van der Waals surface area (Å²) in [7, 11) is 0. The van der Waals surface area contributed by atoms with E-state index in [1.54, 1.807) is 0 Å². The predicted molar refractivity (Wildman–Crippen MR) is 71.3 cm³/mol. The summed E-state index contributed by atoms with van der Waals surface area (Å²) >= 11 is 0. The van der Waals surface area contributed by atoms with Crippen molar-refractivity contribution in [1.29, 1.82) is 0 Å². The van der Waals surface area contributed by atoms with Gasteiger partial charge in [-0.3, -0.25) is 0 Å². The molecule has 1 fully saturated rings. The Morgan fingerprint density at radius 3 is 2.44 bits per heavy atom. The van der Waals surface area contributed by atoms with Gasteiger partial charge in [-0.1, -0.05) is 27.2 Å². The summed E-state index contributed by atoms with van der Waals surface area (Å²) in [5, 5.41) is 0. The van der Waals surface area contributed by atoms with Crippen LogP contribution in [0.5, 0.6) is 0 Å². The van der Waals surface area contributed by atoms with Crippen molar-refractivity contribution in [2.75, 3.05) is 19.6 Å². The average molecular weight is 221 g/mol. The van der Waals surface area contributed by atoms with Gasteiger partial charge < -0.3 is 4.90 Å². The van der Waals surface area contributed by atoms with Gasteiger partial charge in [-0.2, -0.15) is 0 Å². The molecule has 0 saturated carbocycles. The molecular weight excluding hydrogens is 194 g/mol. The molecule has 0 amide bonds. The topological polar surface area (TPSA) is 3.24 Å². The van der Waals surface area contributed by atoms with Crippen LogP contribution < -0.4 is 0 Å². The van der Waals surface area contributed by atoms with Crippen LogP contribution in [0.1, 0.15) is 52.9 Å². The maximum atomic E-state index is 3.30. The highest BCUT2D eigenvalue weighted by molar-refractivity contribution is 4.99. The Kier molecular flexibility index (Phi) is 6.57. The Morgan fingerprint density at radius 2 is 1.88 bits per heavy atom. The van der Waals surface area contributed by atoms with Crippen LogP contribution in [0.25, 0.3) is 0 Å².